The maximum absolute atomic E-state index is 12.8. The third-order valence-corrected chi connectivity index (χ3v) is 3.96. The van der Waals surface area contributed by atoms with Crippen LogP contribution in [0.15, 0.2) is 17.7 Å². The van der Waals surface area contributed by atoms with Crippen molar-refractivity contribution >= 4 is 46.2 Å². The summed E-state index contributed by atoms with van der Waals surface area (Å²) in [5.41, 5.74) is -0.652. The van der Waals surface area contributed by atoms with Gasteiger partial charge < -0.3 is 9.84 Å². The van der Waals surface area contributed by atoms with Crippen molar-refractivity contribution in [2.75, 3.05) is 0 Å². The highest BCUT2D eigenvalue weighted by atomic mass is 127. The minimum atomic E-state index is -4.80. The van der Waals surface area contributed by atoms with E-state index in [0.29, 0.717) is 8.59 Å². The van der Waals surface area contributed by atoms with Gasteiger partial charge in [-0.1, -0.05) is 11.6 Å². The number of aliphatic carboxylic acids is 1. The Labute approximate surface area is 124 Å². The Bertz CT molecular complexity index is 583. The van der Waals surface area contributed by atoms with Crippen LogP contribution in [0.2, 0.25) is 5.02 Å². The molecule has 0 aliphatic carbocycles. The Morgan fingerprint density at radius 2 is 2.05 bits per heavy atom. The molecule has 1 aliphatic rings. The molecule has 19 heavy (non-hydrogen) atoms. The molecule has 8 heteroatoms. The first-order valence-electron chi connectivity index (χ1n) is 4.87. The molecule has 0 bridgehead atoms. The number of benzene rings is 1. The molecule has 1 N–H and O–H groups in total. The summed E-state index contributed by atoms with van der Waals surface area (Å²) in [6.07, 6.45) is -6.34. The van der Waals surface area contributed by atoms with E-state index in [1.165, 1.54) is 12.1 Å². The van der Waals surface area contributed by atoms with Crippen molar-refractivity contribution in [2.24, 2.45) is 0 Å². The molecule has 1 aromatic carbocycles. The van der Waals surface area contributed by atoms with Crippen LogP contribution in [0.25, 0.3) is 6.08 Å². The fourth-order valence-electron chi connectivity index (χ4n) is 1.61. The standard InChI is InChI=1S/C11H5ClF3IO3/c12-6-2-4-1-5(10(17)18)9(11(13,14)15)19-8(4)3-7(6)16/h1-3,9H,(H,17,18). The minimum Gasteiger partial charge on any atom is -0.478 e. The van der Waals surface area contributed by atoms with Gasteiger partial charge in [0.1, 0.15) is 5.75 Å². The zero-order chi connectivity index (χ0) is 14.4. The van der Waals surface area contributed by atoms with Gasteiger partial charge in [-0.25, -0.2) is 4.79 Å². The van der Waals surface area contributed by atoms with E-state index in [1.807, 2.05) is 22.6 Å². The lowest BCUT2D eigenvalue weighted by Crippen LogP contribution is -2.40. The first kappa shape index (κ1) is 14.4. The number of halogens is 5. The Morgan fingerprint density at radius 1 is 1.42 bits per heavy atom. The fourth-order valence-corrected chi connectivity index (χ4v) is 2.22. The maximum atomic E-state index is 12.8. The summed E-state index contributed by atoms with van der Waals surface area (Å²) in [6, 6.07) is 2.71. The molecule has 0 spiro atoms. The van der Waals surface area contributed by atoms with E-state index in [0.717, 1.165) is 6.08 Å². The second kappa shape index (κ2) is 4.86. The van der Waals surface area contributed by atoms with Gasteiger partial charge in [-0.3, -0.25) is 0 Å². The molecule has 0 fully saturated rings. The van der Waals surface area contributed by atoms with Gasteiger partial charge in [0.25, 0.3) is 0 Å². The van der Waals surface area contributed by atoms with Crippen LogP contribution in [0.1, 0.15) is 5.56 Å². The number of rotatable bonds is 1. The molecule has 1 atom stereocenters. The second-order valence-corrected chi connectivity index (χ2v) is 5.32. The van der Waals surface area contributed by atoms with E-state index in [1.54, 1.807) is 0 Å². The number of ether oxygens (including phenoxy) is 1. The largest absolute Gasteiger partial charge is 0.478 e. The number of fused-ring (bicyclic) bond motifs is 1. The van der Waals surface area contributed by atoms with Crippen molar-refractivity contribution in [3.8, 4) is 5.75 Å². The molecular weight excluding hydrogens is 399 g/mol. The van der Waals surface area contributed by atoms with E-state index in [-0.39, 0.29) is 11.3 Å². The van der Waals surface area contributed by atoms with Crippen LogP contribution >= 0.6 is 34.2 Å². The van der Waals surface area contributed by atoms with Crippen molar-refractivity contribution < 1.29 is 27.8 Å². The highest BCUT2D eigenvalue weighted by Crippen LogP contribution is 2.39. The van der Waals surface area contributed by atoms with Gasteiger partial charge in [-0.05, 0) is 40.8 Å². The quantitative estimate of drug-likeness (QED) is 0.726. The summed E-state index contributed by atoms with van der Waals surface area (Å²) in [5, 5.41) is 9.15. The topological polar surface area (TPSA) is 46.5 Å². The van der Waals surface area contributed by atoms with E-state index in [4.69, 9.17) is 21.4 Å². The van der Waals surface area contributed by atoms with Crippen LogP contribution in [0, 0.1) is 3.57 Å². The van der Waals surface area contributed by atoms with Gasteiger partial charge in [0, 0.05) is 9.13 Å². The average molecular weight is 405 g/mol. The van der Waals surface area contributed by atoms with Gasteiger partial charge in [-0.2, -0.15) is 13.2 Å². The van der Waals surface area contributed by atoms with Crippen molar-refractivity contribution in [3.05, 3.63) is 31.9 Å². The Kier molecular flexibility index (Phi) is 3.69. The predicted molar refractivity (Wildman–Crippen MR) is 70.3 cm³/mol. The molecule has 0 amide bonds. The average Bonchev–Trinajstić information content (AvgIpc) is 2.27. The molecule has 1 unspecified atom stereocenters. The van der Waals surface area contributed by atoms with Gasteiger partial charge in [0.2, 0.25) is 6.10 Å². The van der Waals surface area contributed by atoms with Crippen LogP contribution in [-0.4, -0.2) is 23.4 Å². The molecular formula is C11H5ClF3IO3. The Balaban J connectivity index is 2.57. The number of hydrogen-bond donors (Lipinski definition) is 1. The van der Waals surface area contributed by atoms with Crippen LogP contribution < -0.4 is 4.74 Å². The van der Waals surface area contributed by atoms with E-state index >= 15 is 0 Å². The molecule has 2 rings (SSSR count). The highest BCUT2D eigenvalue weighted by molar-refractivity contribution is 14.1. The lowest BCUT2D eigenvalue weighted by Gasteiger charge is -2.27. The van der Waals surface area contributed by atoms with Crippen LogP contribution in [0.4, 0.5) is 13.2 Å². The molecule has 0 radical (unpaired) electrons. The lowest BCUT2D eigenvalue weighted by molar-refractivity contribution is -0.187. The first-order chi connectivity index (χ1) is 8.70. The molecule has 102 valence electrons. The van der Waals surface area contributed by atoms with Gasteiger partial charge in [0.05, 0.1) is 10.6 Å². The number of carboxylic acids is 1. The number of carbonyl (C=O) groups is 1. The molecule has 0 saturated heterocycles. The molecule has 0 aromatic heterocycles. The van der Waals surface area contributed by atoms with Crippen LogP contribution in [0.3, 0.4) is 0 Å². The first-order valence-corrected chi connectivity index (χ1v) is 6.33. The maximum Gasteiger partial charge on any atom is 0.430 e. The zero-order valence-corrected chi connectivity index (χ0v) is 11.9. The molecule has 3 nitrogen and oxygen atoms in total. The van der Waals surface area contributed by atoms with Gasteiger partial charge in [0.15, 0.2) is 0 Å². The molecule has 0 saturated carbocycles. The SMILES string of the molecule is O=C(O)C1=Cc2cc(Cl)c(I)cc2OC1C(F)(F)F. The van der Waals surface area contributed by atoms with Crippen molar-refractivity contribution in [1.29, 1.82) is 0 Å². The summed E-state index contributed by atoms with van der Waals surface area (Å²) in [7, 11) is 0. The minimum absolute atomic E-state index is 0.0406. The van der Waals surface area contributed by atoms with Crippen LogP contribution in [0.5, 0.6) is 5.75 Å². The lowest BCUT2D eigenvalue weighted by atomic mass is 10.0. The van der Waals surface area contributed by atoms with Crippen molar-refractivity contribution in [1.82, 2.24) is 0 Å². The monoisotopic (exact) mass is 404 g/mol. The smallest absolute Gasteiger partial charge is 0.430 e. The zero-order valence-electron chi connectivity index (χ0n) is 8.96. The Morgan fingerprint density at radius 3 is 2.58 bits per heavy atom. The summed E-state index contributed by atoms with van der Waals surface area (Å²) in [4.78, 5) is 10.9. The van der Waals surface area contributed by atoms with E-state index < -0.39 is 23.8 Å². The van der Waals surface area contributed by atoms with Gasteiger partial charge in [-0.15, -0.1) is 0 Å². The summed E-state index contributed by atoms with van der Waals surface area (Å²) in [5.74, 6) is -1.72. The summed E-state index contributed by atoms with van der Waals surface area (Å²) in [6.45, 7) is 0. The highest BCUT2D eigenvalue weighted by Gasteiger charge is 2.48. The molecule has 1 aliphatic heterocycles. The third kappa shape index (κ3) is 2.81. The Hall–Kier alpha value is -0.960. The molecule has 1 aromatic rings. The van der Waals surface area contributed by atoms with Crippen LogP contribution in [-0.2, 0) is 4.79 Å². The van der Waals surface area contributed by atoms with Crippen molar-refractivity contribution in [2.45, 2.75) is 12.3 Å². The number of hydrogen-bond acceptors (Lipinski definition) is 2. The second-order valence-electron chi connectivity index (χ2n) is 3.75. The molecule has 1 heterocycles. The van der Waals surface area contributed by atoms with Crippen molar-refractivity contribution in [3.63, 3.8) is 0 Å². The summed E-state index contributed by atoms with van der Waals surface area (Å²) >= 11 is 7.68. The fraction of sp³-hybridized carbons (Fsp3) is 0.182. The van der Waals surface area contributed by atoms with E-state index in [2.05, 4.69) is 0 Å². The third-order valence-electron chi connectivity index (χ3n) is 2.44. The predicted octanol–water partition coefficient (Wildman–Crippen LogP) is 3.74. The van der Waals surface area contributed by atoms with E-state index in [9.17, 15) is 18.0 Å². The summed E-state index contributed by atoms with van der Waals surface area (Å²) < 4.78 is 43.6. The normalized spacial score (nSPS) is 18.4. The number of carboxylic acid groups (broad SMARTS) is 1. The van der Waals surface area contributed by atoms with Gasteiger partial charge >= 0.3 is 12.1 Å². The number of alkyl halides is 3.